The van der Waals surface area contributed by atoms with Gasteiger partial charge in [-0.1, -0.05) is 18.2 Å². The number of anilines is 2. The summed E-state index contributed by atoms with van der Waals surface area (Å²) < 4.78 is 26.7. The van der Waals surface area contributed by atoms with Crippen molar-refractivity contribution in [3.63, 3.8) is 0 Å². The molecule has 1 fully saturated rings. The van der Waals surface area contributed by atoms with Gasteiger partial charge in [0.15, 0.2) is 0 Å². The zero-order chi connectivity index (χ0) is 22.0. The van der Waals surface area contributed by atoms with Gasteiger partial charge in [0.1, 0.15) is 5.82 Å². The Kier molecular flexibility index (Phi) is 4.72. The molecule has 6 nitrogen and oxygen atoms in total. The third-order valence-corrected chi connectivity index (χ3v) is 6.48. The van der Waals surface area contributed by atoms with Crippen molar-refractivity contribution in [3.05, 3.63) is 53.3 Å². The molecule has 158 valence electrons. The molecule has 2 aromatic carbocycles. The molecule has 4 rings (SSSR count). The quantitative estimate of drug-likeness (QED) is 0.769. The van der Waals surface area contributed by atoms with Crippen LogP contribution >= 0.6 is 0 Å². The number of para-hydroxylation sites is 1. The largest absolute Gasteiger partial charge is 0.495 e. The van der Waals surface area contributed by atoms with Crippen molar-refractivity contribution < 1.29 is 23.6 Å². The predicted octanol–water partition coefficient (Wildman–Crippen LogP) is 2.81. The van der Waals surface area contributed by atoms with Gasteiger partial charge in [0.25, 0.3) is 5.91 Å². The maximum absolute atomic E-state index is 14.3. The molecule has 2 aliphatic heterocycles. The number of amides is 1. The number of aliphatic hydroxyl groups excluding tert-OH is 1. The zero-order valence-corrected chi connectivity index (χ0v) is 18.1. The number of rotatable bonds is 2. The van der Waals surface area contributed by atoms with Crippen molar-refractivity contribution in [1.82, 2.24) is 0 Å². The van der Waals surface area contributed by atoms with Crippen molar-refractivity contribution in [2.45, 2.75) is 52.2 Å². The normalized spacial score (nSPS) is 22.5. The minimum Gasteiger partial charge on any atom is -0.399 e. The molecule has 0 aromatic heterocycles. The zero-order valence-electron chi connectivity index (χ0n) is 18.1. The van der Waals surface area contributed by atoms with E-state index >= 15 is 0 Å². The van der Waals surface area contributed by atoms with Crippen molar-refractivity contribution >= 4 is 29.9 Å². The minimum absolute atomic E-state index is 0.0889. The summed E-state index contributed by atoms with van der Waals surface area (Å²) in [5, 5.41) is 10.9. The molecule has 0 radical (unpaired) electrons. The molecule has 0 spiro atoms. The summed E-state index contributed by atoms with van der Waals surface area (Å²) in [6.07, 6.45) is -1.35. The Bertz CT molecular complexity index is 1010. The summed E-state index contributed by atoms with van der Waals surface area (Å²) in [5.74, 6) is -1.02. The second-order valence-electron chi connectivity index (χ2n) is 8.85. The van der Waals surface area contributed by atoms with E-state index in [0.29, 0.717) is 5.69 Å². The van der Waals surface area contributed by atoms with Crippen LogP contribution in [0.4, 0.5) is 15.8 Å². The van der Waals surface area contributed by atoms with Gasteiger partial charge in [-0.2, -0.15) is 0 Å². The second-order valence-corrected chi connectivity index (χ2v) is 8.85. The fourth-order valence-corrected chi connectivity index (χ4v) is 3.93. The molecule has 30 heavy (non-hydrogen) atoms. The Morgan fingerprint density at radius 3 is 2.30 bits per heavy atom. The van der Waals surface area contributed by atoms with E-state index in [1.54, 1.807) is 25.2 Å². The molecule has 2 heterocycles. The Labute approximate surface area is 176 Å². The highest BCUT2D eigenvalue weighted by Gasteiger charge is 2.52. The summed E-state index contributed by atoms with van der Waals surface area (Å²) in [4.78, 5) is 15.9. The molecule has 2 aromatic rings. The third-order valence-electron chi connectivity index (χ3n) is 6.48. The van der Waals surface area contributed by atoms with E-state index in [0.717, 1.165) is 11.0 Å². The van der Waals surface area contributed by atoms with Crippen LogP contribution in [0, 0.1) is 12.7 Å². The number of aliphatic hydroxyl groups is 1. The van der Waals surface area contributed by atoms with E-state index in [4.69, 9.17) is 9.31 Å². The van der Waals surface area contributed by atoms with Gasteiger partial charge in [-0.05, 0) is 63.8 Å². The van der Waals surface area contributed by atoms with Gasteiger partial charge in [-0.25, -0.2) is 4.39 Å². The lowest BCUT2D eigenvalue weighted by atomic mass is 9.75. The number of carbonyl (C=O) groups excluding carboxylic acids is 1. The molecule has 1 unspecified atom stereocenters. The highest BCUT2D eigenvalue weighted by atomic mass is 19.1. The average Bonchev–Trinajstić information content (AvgIpc) is 2.88. The first-order valence-corrected chi connectivity index (χ1v) is 9.94. The summed E-state index contributed by atoms with van der Waals surface area (Å²) in [7, 11) is 0.953. The first-order valence-electron chi connectivity index (χ1n) is 9.94. The van der Waals surface area contributed by atoms with Crippen molar-refractivity contribution in [3.8, 4) is 0 Å². The minimum atomic E-state index is -1.35. The van der Waals surface area contributed by atoms with Gasteiger partial charge >= 0.3 is 7.12 Å². The van der Waals surface area contributed by atoms with Gasteiger partial charge in [-0.15, -0.1) is 0 Å². The fourth-order valence-electron chi connectivity index (χ4n) is 3.93. The maximum Gasteiger partial charge on any atom is 0.495 e. The monoisotopic (exact) mass is 412 g/mol. The van der Waals surface area contributed by atoms with Crippen LogP contribution < -0.4 is 15.3 Å². The van der Waals surface area contributed by atoms with Crippen LogP contribution in [0.25, 0.3) is 0 Å². The van der Waals surface area contributed by atoms with Crippen molar-refractivity contribution in [2.24, 2.45) is 0 Å². The summed E-state index contributed by atoms with van der Waals surface area (Å²) in [6, 6.07) is 9.76. The lowest BCUT2D eigenvalue weighted by molar-refractivity contribution is 0.00578. The van der Waals surface area contributed by atoms with E-state index in [1.165, 1.54) is 21.9 Å². The Morgan fingerprint density at radius 1 is 1.07 bits per heavy atom. The first kappa shape index (κ1) is 20.8. The molecule has 1 saturated heterocycles. The molecule has 1 N–H and O–H groups in total. The average molecular weight is 412 g/mol. The highest BCUT2D eigenvalue weighted by molar-refractivity contribution is 6.62. The van der Waals surface area contributed by atoms with E-state index in [-0.39, 0.29) is 11.3 Å². The number of hydrogen-bond donors (Lipinski definition) is 1. The van der Waals surface area contributed by atoms with Crippen LogP contribution in [0.2, 0.25) is 0 Å². The smallest absolute Gasteiger partial charge is 0.399 e. The van der Waals surface area contributed by atoms with Gasteiger partial charge in [0.2, 0.25) is 6.35 Å². The van der Waals surface area contributed by atoms with Gasteiger partial charge in [0, 0.05) is 7.05 Å². The van der Waals surface area contributed by atoms with Gasteiger partial charge in [-0.3, -0.25) is 9.69 Å². The molecule has 0 saturated carbocycles. The van der Waals surface area contributed by atoms with Crippen molar-refractivity contribution in [1.29, 1.82) is 0 Å². The SMILES string of the molecule is Cc1c(B2OC(C)(C)C(C)(C)O2)cccc1N1C(=O)c2cccc(F)c2N(C)C1O. The second kappa shape index (κ2) is 6.80. The summed E-state index contributed by atoms with van der Waals surface area (Å²) in [6.45, 7) is 9.76. The van der Waals surface area contributed by atoms with E-state index < -0.39 is 36.4 Å². The van der Waals surface area contributed by atoms with Crippen LogP contribution in [0.3, 0.4) is 0 Å². The molecule has 1 atom stereocenters. The Balaban J connectivity index is 1.77. The number of fused-ring (bicyclic) bond motifs is 1. The summed E-state index contributed by atoms with van der Waals surface area (Å²) >= 11 is 0. The maximum atomic E-state index is 14.3. The topological polar surface area (TPSA) is 62.2 Å². The number of benzene rings is 2. The third kappa shape index (κ3) is 2.94. The number of hydrogen-bond acceptors (Lipinski definition) is 5. The fraction of sp³-hybridized carbons (Fsp3) is 0.409. The molecule has 0 bridgehead atoms. The van der Waals surface area contributed by atoms with Crippen LogP contribution in [-0.4, -0.2) is 42.7 Å². The highest BCUT2D eigenvalue weighted by Crippen LogP contribution is 2.38. The number of nitrogens with zero attached hydrogens (tertiary/aromatic N) is 2. The predicted molar refractivity (Wildman–Crippen MR) is 115 cm³/mol. The van der Waals surface area contributed by atoms with Crippen LogP contribution in [0.15, 0.2) is 36.4 Å². The van der Waals surface area contributed by atoms with E-state index in [2.05, 4.69) is 0 Å². The van der Waals surface area contributed by atoms with Crippen LogP contribution in [-0.2, 0) is 9.31 Å². The summed E-state index contributed by atoms with van der Waals surface area (Å²) in [5.41, 5.74) is 1.32. The lowest BCUT2D eigenvalue weighted by Crippen LogP contribution is -2.55. The van der Waals surface area contributed by atoms with Crippen LogP contribution in [0.5, 0.6) is 0 Å². The Morgan fingerprint density at radius 2 is 1.67 bits per heavy atom. The standard InChI is InChI=1S/C22H26BFN2O4/c1-13-15(23-29-21(2,3)22(4,5)30-23)10-8-12-17(13)26-19(27)14-9-7-11-16(24)18(14)25(6)20(26)28/h7-12,20,28H,1-6H3. The lowest BCUT2D eigenvalue weighted by Gasteiger charge is -2.41. The number of carbonyl (C=O) groups is 1. The molecule has 1 amide bonds. The van der Waals surface area contributed by atoms with Crippen molar-refractivity contribution in [2.75, 3.05) is 16.8 Å². The molecule has 8 heteroatoms. The molecular formula is C22H26BFN2O4. The van der Waals surface area contributed by atoms with Gasteiger partial charge < -0.3 is 19.3 Å². The van der Waals surface area contributed by atoms with Crippen LogP contribution in [0.1, 0.15) is 43.6 Å². The first-order chi connectivity index (χ1) is 14.0. The molecule has 0 aliphatic carbocycles. The van der Waals surface area contributed by atoms with E-state index in [9.17, 15) is 14.3 Å². The Hall–Kier alpha value is -2.42. The van der Waals surface area contributed by atoms with Gasteiger partial charge in [0.05, 0.1) is 28.1 Å². The number of halogens is 1. The molecule has 2 aliphatic rings. The molecular weight excluding hydrogens is 386 g/mol. The van der Waals surface area contributed by atoms with E-state index in [1.807, 2.05) is 40.7 Å².